The van der Waals surface area contributed by atoms with Gasteiger partial charge in [-0.05, 0) is 30.2 Å². The molecule has 0 amide bonds. The van der Waals surface area contributed by atoms with Crippen LogP contribution in [0.25, 0.3) is 0 Å². The number of nitrogens with two attached hydrogens (primary N) is 1. The summed E-state index contributed by atoms with van der Waals surface area (Å²) in [6.45, 7) is 2.55. The Labute approximate surface area is 107 Å². The van der Waals surface area contributed by atoms with Crippen LogP contribution in [0.1, 0.15) is 24.6 Å². The number of ether oxygens (including phenoxy) is 1. The molecule has 0 aliphatic heterocycles. The molecule has 0 saturated carbocycles. The molecular formula is C14H17N3O. The first kappa shape index (κ1) is 12.5. The van der Waals surface area contributed by atoms with Crippen LogP contribution >= 0.6 is 0 Å². The Kier molecular flexibility index (Phi) is 4.25. The zero-order valence-electron chi connectivity index (χ0n) is 10.5. The number of aryl methyl sites for hydroxylation is 1. The molecule has 0 unspecified atom stereocenters. The van der Waals surface area contributed by atoms with Crippen molar-refractivity contribution < 1.29 is 4.74 Å². The molecule has 1 heterocycles. The molecule has 0 radical (unpaired) electrons. The standard InChI is InChI=1S/C14H17N3O/c1-2-3-11-4-7-13(8-5-11)18-14-9-6-12(10-15)16-17-14/h4-9H,2-3,10,15H2,1H3. The smallest absolute Gasteiger partial charge is 0.238 e. The van der Waals surface area contributed by atoms with Gasteiger partial charge in [0.15, 0.2) is 0 Å². The fourth-order valence-electron chi connectivity index (χ4n) is 1.64. The molecule has 4 nitrogen and oxygen atoms in total. The summed E-state index contributed by atoms with van der Waals surface area (Å²) in [5.41, 5.74) is 7.52. The summed E-state index contributed by atoms with van der Waals surface area (Å²) in [6, 6.07) is 11.6. The molecule has 0 fully saturated rings. The van der Waals surface area contributed by atoms with Crippen LogP contribution in [-0.4, -0.2) is 10.2 Å². The van der Waals surface area contributed by atoms with Crippen molar-refractivity contribution in [2.45, 2.75) is 26.3 Å². The van der Waals surface area contributed by atoms with Gasteiger partial charge in [0.05, 0.1) is 5.69 Å². The molecular weight excluding hydrogens is 226 g/mol. The third-order valence-corrected chi connectivity index (χ3v) is 2.59. The SMILES string of the molecule is CCCc1ccc(Oc2ccc(CN)nn2)cc1. The van der Waals surface area contributed by atoms with Crippen molar-refractivity contribution in [3.05, 3.63) is 47.7 Å². The van der Waals surface area contributed by atoms with Crippen LogP contribution in [0.3, 0.4) is 0 Å². The predicted molar refractivity (Wildman–Crippen MR) is 70.4 cm³/mol. The maximum absolute atomic E-state index is 5.60. The lowest BCUT2D eigenvalue weighted by molar-refractivity contribution is 0.453. The van der Waals surface area contributed by atoms with Crippen LogP contribution in [0.5, 0.6) is 11.6 Å². The zero-order chi connectivity index (χ0) is 12.8. The van der Waals surface area contributed by atoms with E-state index in [9.17, 15) is 0 Å². The van der Waals surface area contributed by atoms with Gasteiger partial charge in [-0.1, -0.05) is 25.5 Å². The maximum atomic E-state index is 5.60. The van der Waals surface area contributed by atoms with Gasteiger partial charge in [0.25, 0.3) is 0 Å². The average Bonchev–Trinajstić information content (AvgIpc) is 2.42. The molecule has 2 rings (SSSR count). The van der Waals surface area contributed by atoms with Gasteiger partial charge in [0.2, 0.25) is 5.88 Å². The van der Waals surface area contributed by atoms with E-state index in [2.05, 4.69) is 29.3 Å². The highest BCUT2D eigenvalue weighted by Crippen LogP contribution is 2.19. The number of aromatic nitrogens is 2. The van der Waals surface area contributed by atoms with Crippen molar-refractivity contribution >= 4 is 0 Å². The van der Waals surface area contributed by atoms with Gasteiger partial charge in [0, 0.05) is 12.6 Å². The average molecular weight is 243 g/mol. The van der Waals surface area contributed by atoms with Crippen LogP contribution in [0.4, 0.5) is 0 Å². The van der Waals surface area contributed by atoms with Crippen molar-refractivity contribution in [2.75, 3.05) is 0 Å². The highest BCUT2D eigenvalue weighted by atomic mass is 16.5. The van der Waals surface area contributed by atoms with E-state index >= 15 is 0 Å². The normalized spacial score (nSPS) is 10.3. The van der Waals surface area contributed by atoms with E-state index in [1.165, 1.54) is 5.56 Å². The van der Waals surface area contributed by atoms with Crippen molar-refractivity contribution in [1.29, 1.82) is 0 Å². The quantitative estimate of drug-likeness (QED) is 0.877. The summed E-state index contributed by atoms with van der Waals surface area (Å²) in [4.78, 5) is 0. The van der Waals surface area contributed by atoms with Gasteiger partial charge in [-0.15, -0.1) is 5.10 Å². The fourth-order valence-corrected chi connectivity index (χ4v) is 1.64. The van der Waals surface area contributed by atoms with Crippen molar-refractivity contribution in [3.63, 3.8) is 0 Å². The molecule has 4 heteroatoms. The second kappa shape index (κ2) is 6.12. The van der Waals surface area contributed by atoms with E-state index in [0.29, 0.717) is 12.4 Å². The van der Waals surface area contributed by atoms with Gasteiger partial charge in [0.1, 0.15) is 5.75 Å². The monoisotopic (exact) mass is 243 g/mol. The second-order valence-corrected chi connectivity index (χ2v) is 4.06. The van der Waals surface area contributed by atoms with Gasteiger partial charge in [-0.2, -0.15) is 5.10 Å². The Hall–Kier alpha value is -1.94. The lowest BCUT2D eigenvalue weighted by Gasteiger charge is -2.05. The molecule has 0 bridgehead atoms. The van der Waals surface area contributed by atoms with E-state index in [1.54, 1.807) is 6.07 Å². The summed E-state index contributed by atoms with van der Waals surface area (Å²) >= 11 is 0. The van der Waals surface area contributed by atoms with Gasteiger partial charge in [-0.25, -0.2) is 0 Å². The van der Waals surface area contributed by atoms with E-state index in [1.807, 2.05) is 18.2 Å². The minimum absolute atomic E-state index is 0.388. The minimum atomic E-state index is 0.388. The third-order valence-electron chi connectivity index (χ3n) is 2.59. The molecule has 18 heavy (non-hydrogen) atoms. The van der Waals surface area contributed by atoms with Gasteiger partial charge < -0.3 is 10.5 Å². The molecule has 2 aromatic rings. The Morgan fingerprint density at radius 3 is 2.39 bits per heavy atom. The molecule has 1 aromatic carbocycles. The molecule has 2 N–H and O–H groups in total. The zero-order valence-corrected chi connectivity index (χ0v) is 10.5. The van der Waals surface area contributed by atoms with Crippen LogP contribution in [-0.2, 0) is 13.0 Å². The summed E-state index contributed by atoms with van der Waals surface area (Å²) in [5.74, 6) is 1.25. The summed E-state index contributed by atoms with van der Waals surface area (Å²) in [7, 11) is 0. The van der Waals surface area contributed by atoms with Crippen LogP contribution in [0, 0.1) is 0 Å². The number of hydrogen-bond acceptors (Lipinski definition) is 4. The van der Waals surface area contributed by atoms with E-state index < -0.39 is 0 Å². The Morgan fingerprint density at radius 1 is 1.06 bits per heavy atom. The Bertz CT molecular complexity index is 479. The van der Waals surface area contributed by atoms with E-state index in [-0.39, 0.29) is 0 Å². The van der Waals surface area contributed by atoms with E-state index in [4.69, 9.17) is 10.5 Å². The minimum Gasteiger partial charge on any atom is -0.438 e. The second-order valence-electron chi connectivity index (χ2n) is 4.06. The number of hydrogen-bond donors (Lipinski definition) is 1. The summed E-state index contributed by atoms with van der Waals surface area (Å²) in [5, 5.41) is 7.89. The molecule has 0 aliphatic rings. The first-order valence-corrected chi connectivity index (χ1v) is 6.11. The maximum Gasteiger partial charge on any atom is 0.238 e. The predicted octanol–water partition coefficient (Wildman–Crippen LogP) is 2.68. The molecule has 0 saturated heterocycles. The summed E-state index contributed by atoms with van der Waals surface area (Å²) < 4.78 is 5.60. The lowest BCUT2D eigenvalue weighted by Crippen LogP contribution is -2.01. The first-order valence-electron chi connectivity index (χ1n) is 6.11. The van der Waals surface area contributed by atoms with Crippen LogP contribution in [0.2, 0.25) is 0 Å². The number of nitrogens with zero attached hydrogens (tertiary/aromatic N) is 2. The lowest BCUT2D eigenvalue weighted by atomic mass is 10.1. The summed E-state index contributed by atoms with van der Waals surface area (Å²) in [6.07, 6.45) is 2.23. The fraction of sp³-hybridized carbons (Fsp3) is 0.286. The molecule has 94 valence electrons. The topological polar surface area (TPSA) is 61.0 Å². The molecule has 0 aliphatic carbocycles. The van der Waals surface area contributed by atoms with Crippen molar-refractivity contribution in [1.82, 2.24) is 10.2 Å². The van der Waals surface area contributed by atoms with Gasteiger partial charge >= 0.3 is 0 Å². The van der Waals surface area contributed by atoms with Crippen LogP contribution in [0.15, 0.2) is 36.4 Å². The molecule has 0 atom stereocenters. The van der Waals surface area contributed by atoms with E-state index in [0.717, 1.165) is 24.3 Å². The molecule has 1 aromatic heterocycles. The Morgan fingerprint density at radius 2 is 1.83 bits per heavy atom. The van der Waals surface area contributed by atoms with Gasteiger partial charge in [-0.3, -0.25) is 0 Å². The largest absolute Gasteiger partial charge is 0.438 e. The van der Waals surface area contributed by atoms with Crippen molar-refractivity contribution in [3.8, 4) is 11.6 Å². The molecule has 0 spiro atoms. The highest BCUT2D eigenvalue weighted by molar-refractivity contribution is 5.30. The third kappa shape index (κ3) is 3.28. The first-order chi connectivity index (χ1) is 8.81. The van der Waals surface area contributed by atoms with Crippen LogP contribution < -0.4 is 10.5 Å². The Balaban J connectivity index is 2.03. The number of benzene rings is 1. The number of rotatable bonds is 5. The van der Waals surface area contributed by atoms with Crippen molar-refractivity contribution in [2.24, 2.45) is 5.73 Å². The highest BCUT2D eigenvalue weighted by Gasteiger charge is 2.00.